The van der Waals surface area contributed by atoms with Crippen LogP contribution in [0.4, 0.5) is 0 Å². The highest BCUT2D eigenvalue weighted by atomic mass is 14.8. The molecule has 36 heavy (non-hydrogen) atoms. The van der Waals surface area contributed by atoms with Crippen LogP contribution in [0.5, 0.6) is 0 Å². The zero-order chi connectivity index (χ0) is 26.2. The normalized spacial score (nSPS) is 12.4. The van der Waals surface area contributed by atoms with Gasteiger partial charge in [-0.15, -0.1) is 0 Å². The van der Waals surface area contributed by atoms with E-state index in [1.807, 2.05) is 0 Å². The van der Waals surface area contributed by atoms with Crippen molar-refractivity contribution in [3.63, 3.8) is 0 Å². The molecule has 1 unspecified atom stereocenters. The van der Waals surface area contributed by atoms with Crippen molar-refractivity contribution in [3.05, 3.63) is 0 Å². The number of unbranched alkanes of at least 4 members (excludes halogenated alkanes) is 20. The monoisotopic (exact) mass is 510 g/mol. The molecule has 0 aliphatic carbocycles. The Kier molecular flexibility index (Phi) is 32.8. The van der Waals surface area contributed by atoms with E-state index in [0.29, 0.717) is 0 Å². The fraction of sp³-hybridized carbons (Fsp3) is 1.00. The molecule has 0 amide bonds. The lowest BCUT2D eigenvalue weighted by Crippen LogP contribution is -2.16. The minimum Gasteiger partial charge on any atom is -0.330 e. The molecule has 0 aliphatic rings. The first-order valence-electron chi connectivity index (χ1n) is 17.0. The van der Waals surface area contributed by atoms with Gasteiger partial charge < -0.3 is 16.8 Å². The van der Waals surface area contributed by atoms with Crippen LogP contribution in [-0.4, -0.2) is 26.2 Å². The van der Waals surface area contributed by atoms with Gasteiger partial charge in [-0.1, -0.05) is 155 Å². The van der Waals surface area contributed by atoms with Gasteiger partial charge in [0.15, 0.2) is 0 Å². The van der Waals surface area contributed by atoms with Gasteiger partial charge in [-0.05, 0) is 57.8 Å². The van der Waals surface area contributed by atoms with Crippen LogP contribution in [0.1, 0.15) is 180 Å². The third-order valence-corrected chi connectivity index (χ3v) is 8.06. The predicted octanol–water partition coefficient (Wildman–Crippen LogP) is 9.66. The molecule has 0 aromatic heterocycles. The second kappa shape index (κ2) is 32.9. The summed E-state index contributed by atoms with van der Waals surface area (Å²) in [7, 11) is 0. The molecule has 1 atom stereocenters. The maximum absolute atomic E-state index is 5.64. The van der Waals surface area contributed by atoms with E-state index in [2.05, 4.69) is 12.2 Å². The first kappa shape index (κ1) is 35.9. The molecule has 0 heterocycles. The zero-order valence-corrected chi connectivity index (χ0v) is 25.2. The summed E-state index contributed by atoms with van der Waals surface area (Å²) < 4.78 is 0. The summed E-state index contributed by atoms with van der Waals surface area (Å²) >= 11 is 0. The van der Waals surface area contributed by atoms with Crippen molar-refractivity contribution in [2.75, 3.05) is 26.2 Å². The van der Waals surface area contributed by atoms with Crippen LogP contribution in [-0.2, 0) is 0 Å². The molecule has 0 saturated carbocycles. The third kappa shape index (κ3) is 30.1. The summed E-state index contributed by atoms with van der Waals surface area (Å²) in [4.78, 5) is 0. The second-order valence-electron chi connectivity index (χ2n) is 11.7. The van der Waals surface area contributed by atoms with Crippen LogP contribution in [0, 0.1) is 5.92 Å². The molecule has 0 fully saturated rings. The van der Waals surface area contributed by atoms with Gasteiger partial charge in [0.25, 0.3) is 0 Å². The fourth-order valence-corrected chi connectivity index (χ4v) is 5.55. The molecule has 0 saturated heterocycles. The summed E-state index contributed by atoms with van der Waals surface area (Å²) in [5.74, 6) is 0.983. The Bertz CT molecular complexity index is 374. The smallest absolute Gasteiger partial charge is 0.00489 e. The Balaban J connectivity index is 3.66. The van der Waals surface area contributed by atoms with E-state index in [1.54, 1.807) is 0 Å². The van der Waals surface area contributed by atoms with Crippen LogP contribution in [0.25, 0.3) is 0 Å². The Morgan fingerprint density at radius 2 is 0.694 bits per heavy atom. The van der Waals surface area contributed by atoms with Gasteiger partial charge in [-0.25, -0.2) is 0 Å². The van der Waals surface area contributed by atoms with Gasteiger partial charge in [0, 0.05) is 0 Å². The molecule has 3 heteroatoms. The van der Waals surface area contributed by atoms with E-state index < -0.39 is 0 Å². The molecule has 0 rings (SSSR count). The lowest BCUT2D eigenvalue weighted by atomic mass is 9.89. The summed E-state index contributed by atoms with van der Waals surface area (Å²) in [6.45, 7) is 6.49. The zero-order valence-electron chi connectivity index (χ0n) is 25.2. The highest BCUT2D eigenvalue weighted by molar-refractivity contribution is 4.62. The largest absolute Gasteiger partial charge is 0.330 e. The van der Waals surface area contributed by atoms with E-state index in [4.69, 9.17) is 11.5 Å². The molecule has 3 nitrogen and oxygen atoms in total. The average Bonchev–Trinajstić information content (AvgIpc) is 2.89. The summed E-state index contributed by atoms with van der Waals surface area (Å²) in [6.07, 6.45) is 37.9. The second-order valence-corrected chi connectivity index (χ2v) is 11.7. The van der Waals surface area contributed by atoms with Crippen LogP contribution in [0.2, 0.25) is 0 Å². The Labute approximate surface area is 229 Å². The van der Waals surface area contributed by atoms with Crippen molar-refractivity contribution in [1.29, 1.82) is 0 Å². The van der Waals surface area contributed by atoms with Crippen LogP contribution >= 0.6 is 0 Å². The number of hydrogen-bond acceptors (Lipinski definition) is 3. The highest BCUT2D eigenvalue weighted by Crippen LogP contribution is 2.24. The number of rotatable bonds is 32. The lowest BCUT2D eigenvalue weighted by molar-refractivity contribution is 0.365. The number of nitrogens with one attached hydrogen (secondary N) is 1. The van der Waals surface area contributed by atoms with Crippen molar-refractivity contribution < 1.29 is 0 Å². The van der Waals surface area contributed by atoms with E-state index in [1.165, 1.54) is 186 Å². The van der Waals surface area contributed by atoms with E-state index >= 15 is 0 Å². The van der Waals surface area contributed by atoms with E-state index in [-0.39, 0.29) is 0 Å². The molecule has 5 N–H and O–H groups in total. The van der Waals surface area contributed by atoms with Crippen molar-refractivity contribution in [3.8, 4) is 0 Å². The standard InChI is InChI=1S/C33H71N3/c1-2-3-4-5-6-9-17-24-31-36-32-25-18-11-14-21-28-33(27-20-13-10-16-23-30-35)26-19-12-7-8-15-22-29-34/h33,36H,2-32,34-35H2,1H3. The Hall–Kier alpha value is -0.120. The molecule has 0 aromatic rings. The molecule has 218 valence electrons. The summed E-state index contributed by atoms with van der Waals surface area (Å²) in [6, 6.07) is 0. The molecule has 0 aromatic carbocycles. The molecule has 0 spiro atoms. The van der Waals surface area contributed by atoms with Gasteiger partial charge in [-0.2, -0.15) is 0 Å². The summed E-state index contributed by atoms with van der Waals surface area (Å²) in [5, 5.41) is 3.68. The predicted molar refractivity (Wildman–Crippen MR) is 165 cm³/mol. The van der Waals surface area contributed by atoms with Crippen molar-refractivity contribution in [2.24, 2.45) is 17.4 Å². The van der Waals surface area contributed by atoms with E-state index in [0.717, 1.165) is 19.0 Å². The van der Waals surface area contributed by atoms with Gasteiger partial charge in [0.1, 0.15) is 0 Å². The molecular weight excluding hydrogens is 438 g/mol. The van der Waals surface area contributed by atoms with Gasteiger partial charge in [-0.3, -0.25) is 0 Å². The van der Waals surface area contributed by atoms with Gasteiger partial charge >= 0.3 is 0 Å². The molecule has 0 radical (unpaired) electrons. The SMILES string of the molecule is CCCCCCCCCCNCCCCCCCC(CCCCCCCN)CCCCCCCCN. The minimum atomic E-state index is 0.864. The Morgan fingerprint density at radius 1 is 0.389 bits per heavy atom. The fourth-order valence-electron chi connectivity index (χ4n) is 5.55. The number of hydrogen-bond donors (Lipinski definition) is 3. The maximum Gasteiger partial charge on any atom is -0.00489 e. The highest BCUT2D eigenvalue weighted by Gasteiger charge is 2.09. The average molecular weight is 510 g/mol. The quantitative estimate of drug-likeness (QED) is 0.0790. The minimum absolute atomic E-state index is 0.864. The number of nitrogens with two attached hydrogens (primary N) is 2. The topological polar surface area (TPSA) is 64.1 Å². The molecule has 0 bridgehead atoms. The lowest BCUT2D eigenvalue weighted by Gasteiger charge is -2.17. The van der Waals surface area contributed by atoms with Gasteiger partial charge in [0.05, 0.1) is 0 Å². The molecule has 0 aliphatic heterocycles. The van der Waals surface area contributed by atoms with E-state index in [9.17, 15) is 0 Å². The van der Waals surface area contributed by atoms with Crippen molar-refractivity contribution in [2.45, 2.75) is 180 Å². The van der Waals surface area contributed by atoms with Crippen molar-refractivity contribution >= 4 is 0 Å². The first-order chi connectivity index (χ1) is 17.8. The van der Waals surface area contributed by atoms with Crippen LogP contribution in [0.15, 0.2) is 0 Å². The first-order valence-corrected chi connectivity index (χ1v) is 17.0. The van der Waals surface area contributed by atoms with Crippen molar-refractivity contribution in [1.82, 2.24) is 5.32 Å². The van der Waals surface area contributed by atoms with Crippen LogP contribution in [0.3, 0.4) is 0 Å². The molecular formula is C33H71N3. The maximum atomic E-state index is 5.64. The van der Waals surface area contributed by atoms with Crippen LogP contribution < -0.4 is 16.8 Å². The Morgan fingerprint density at radius 3 is 1.06 bits per heavy atom. The third-order valence-electron chi connectivity index (χ3n) is 8.06. The summed E-state index contributed by atoms with van der Waals surface area (Å²) in [5.41, 5.74) is 11.3. The van der Waals surface area contributed by atoms with Gasteiger partial charge in [0.2, 0.25) is 0 Å².